The van der Waals surface area contributed by atoms with Gasteiger partial charge in [0.1, 0.15) is 5.82 Å². The Morgan fingerprint density at radius 2 is 2.18 bits per heavy atom. The summed E-state index contributed by atoms with van der Waals surface area (Å²) in [5, 5.41) is 0. The van der Waals surface area contributed by atoms with Crippen molar-refractivity contribution in [2.24, 2.45) is 17.6 Å². The number of hydrogen-bond donors (Lipinski definition) is 1. The van der Waals surface area contributed by atoms with E-state index in [0.29, 0.717) is 12.5 Å². The predicted molar refractivity (Wildman–Crippen MR) is 89.6 cm³/mol. The van der Waals surface area contributed by atoms with Crippen LogP contribution in [0.5, 0.6) is 0 Å². The third kappa shape index (κ3) is 4.19. The Morgan fingerprint density at radius 3 is 2.73 bits per heavy atom. The molecule has 0 saturated carbocycles. The number of piperidine rings is 1. The van der Waals surface area contributed by atoms with Gasteiger partial charge in [-0.25, -0.2) is 4.98 Å². The second-order valence-electron chi connectivity index (χ2n) is 6.13. The van der Waals surface area contributed by atoms with Crippen LogP contribution in [0.4, 0.5) is 5.82 Å². The van der Waals surface area contributed by atoms with Crippen molar-refractivity contribution in [3.63, 3.8) is 0 Å². The third-order valence-corrected chi connectivity index (χ3v) is 4.53. The smallest absolute Gasteiger partial charge is 0.226 e. The molecule has 1 aliphatic rings. The van der Waals surface area contributed by atoms with Crippen molar-refractivity contribution < 1.29 is 4.79 Å². The lowest BCUT2D eigenvalue weighted by atomic mass is 9.95. The molecule has 1 amide bonds. The molecule has 0 radical (unpaired) electrons. The lowest BCUT2D eigenvalue weighted by molar-refractivity contribution is -0.135. The molecule has 0 spiro atoms. The molecule has 0 bridgehead atoms. The number of anilines is 1. The van der Waals surface area contributed by atoms with E-state index in [2.05, 4.69) is 16.0 Å². The number of hydrogen-bond acceptors (Lipinski definition) is 4. The summed E-state index contributed by atoms with van der Waals surface area (Å²) >= 11 is 0. The van der Waals surface area contributed by atoms with E-state index in [4.69, 9.17) is 5.73 Å². The molecule has 1 aliphatic heterocycles. The average Bonchev–Trinajstić information content (AvgIpc) is 2.59. The van der Waals surface area contributed by atoms with Gasteiger partial charge in [0.05, 0.1) is 0 Å². The van der Waals surface area contributed by atoms with E-state index in [-0.39, 0.29) is 11.8 Å². The molecule has 1 atom stereocenters. The minimum Gasteiger partial charge on any atom is -0.357 e. The average molecular weight is 304 g/mol. The molecule has 1 unspecified atom stereocenters. The van der Waals surface area contributed by atoms with Crippen LogP contribution in [0.2, 0.25) is 0 Å². The minimum absolute atomic E-state index is 0.0754. The Morgan fingerprint density at radius 1 is 1.45 bits per heavy atom. The molecule has 2 rings (SSSR count). The van der Waals surface area contributed by atoms with Crippen LogP contribution in [0, 0.1) is 11.8 Å². The maximum atomic E-state index is 12.3. The Hall–Kier alpha value is -1.62. The molecule has 0 aromatic carbocycles. The number of amides is 1. The quantitative estimate of drug-likeness (QED) is 0.869. The summed E-state index contributed by atoms with van der Waals surface area (Å²) in [4.78, 5) is 21.0. The number of aromatic nitrogens is 1. The molecule has 1 fully saturated rings. The van der Waals surface area contributed by atoms with Crippen LogP contribution in [0.15, 0.2) is 24.4 Å². The van der Waals surface area contributed by atoms with Gasteiger partial charge in [-0.3, -0.25) is 4.79 Å². The zero-order valence-corrected chi connectivity index (χ0v) is 13.7. The van der Waals surface area contributed by atoms with Crippen molar-refractivity contribution >= 4 is 11.7 Å². The standard InChI is InChI=1S/C17H28N4O/c1-3-20(17(22)14(2)12-18)13-15-7-10-21(11-8-15)16-6-4-5-9-19-16/h4-6,9,14-15H,3,7-8,10-13,18H2,1-2H3. The van der Waals surface area contributed by atoms with E-state index in [1.165, 1.54) is 0 Å². The van der Waals surface area contributed by atoms with E-state index in [0.717, 1.165) is 44.8 Å². The van der Waals surface area contributed by atoms with Crippen molar-refractivity contribution in [2.75, 3.05) is 37.6 Å². The van der Waals surface area contributed by atoms with Gasteiger partial charge in [-0.1, -0.05) is 13.0 Å². The van der Waals surface area contributed by atoms with Crippen molar-refractivity contribution in [1.82, 2.24) is 9.88 Å². The fraction of sp³-hybridized carbons (Fsp3) is 0.647. The van der Waals surface area contributed by atoms with Gasteiger partial charge >= 0.3 is 0 Å². The van der Waals surface area contributed by atoms with Gasteiger partial charge < -0.3 is 15.5 Å². The molecule has 5 heteroatoms. The largest absolute Gasteiger partial charge is 0.357 e. The van der Waals surface area contributed by atoms with Gasteiger partial charge in [0.15, 0.2) is 0 Å². The number of nitrogens with zero attached hydrogens (tertiary/aromatic N) is 3. The van der Waals surface area contributed by atoms with Crippen LogP contribution in [-0.2, 0) is 4.79 Å². The van der Waals surface area contributed by atoms with Gasteiger partial charge in [-0.2, -0.15) is 0 Å². The maximum Gasteiger partial charge on any atom is 0.226 e. The zero-order chi connectivity index (χ0) is 15.9. The summed E-state index contributed by atoms with van der Waals surface area (Å²) in [5.41, 5.74) is 5.62. The fourth-order valence-corrected chi connectivity index (χ4v) is 2.98. The predicted octanol–water partition coefficient (Wildman–Crippen LogP) is 1.74. The first-order valence-corrected chi connectivity index (χ1v) is 8.30. The van der Waals surface area contributed by atoms with Crippen LogP contribution in [0.25, 0.3) is 0 Å². The van der Waals surface area contributed by atoms with E-state index in [1.54, 1.807) is 0 Å². The van der Waals surface area contributed by atoms with Crippen molar-refractivity contribution in [3.05, 3.63) is 24.4 Å². The molecule has 122 valence electrons. The number of rotatable bonds is 6. The van der Waals surface area contributed by atoms with Crippen LogP contribution in [0.1, 0.15) is 26.7 Å². The first-order chi connectivity index (χ1) is 10.7. The number of carbonyl (C=O) groups is 1. The molecular weight excluding hydrogens is 276 g/mol. The van der Waals surface area contributed by atoms with Crippen LogP contribution in [-0.4, -0.2) is 48.5 Å². The maximum absolute atomic E-state index is 12.3. The Kier molecular flexibility index (Phi) is 6.19. The van der Waals surface area contributed by atoms with Crippen molar-refractivity contribution in [2.45, 2.75) is 26.7 Å². The van der Waals surface area contributed by atoms with E-state index in [1.807, 2.05) is 37.1 Å². The second-order valence-corrected chi connectivity index (χ2v) is 6.13. The topological polar surface area (TPSA) is 62.5 Å². The number of carbonyl (C=O) groups excluding carboxylic acids is 1. The molecule has 2 heterocycles. The highest BCUT2D eigenvalue weighted by Crippen LogP contribution is 2.22. The minimum atomic E-state index is -0.0754. The molecule has 5 nitrogen and oxygen atoms in total. The van der Waals surface area contributed by atoms with E-state index < -0.39 is 0 Å². The summed E-state index contributed by atoms with van der Waals surface area (Å²) in [6.07, 6.45) is 4.06. The molecule has 1 aromatic rings. The van der Waals surface area contributed by atoms with Crippen molar-refractivity contribution in [1.29, 1.82) is 0 Å². The highest BCUT2D eigenvalue weighted by atomic mass is 16.2. The molecule has 0 aliphatic carbocycles. The monoisotopic (exact) mass is 304 g/mol. The highest BCUT2D eigenvalue weighted by Gasteiger charge is 2.25. The lowest BCUT2D eigenvalue weighted by Gasteiger charge is -2.35. The summed E-state index contributed by atoms with van der Waals surface area (Å²) in [5.74, 6) is 1.75. The van der Waals surface area contributed by atoms with Gasteiger partial charge in [0, 0.05) is 44.8 Å². The summed E-state index contributed by atoms with van der Waals surface area (Å²) in [6.45, 7) is 8.03. The zero-order valence-electron chi connectivity index (χ0n) is 13.7. The van der Waals surface area contributed by atoms with Gasteiger partial charge in [-0.15, -0.1) is 0 Å². The highest BCUT2D eigenvalue weighted by molar-refractivity contribution is 5.78. The first-order valence-electron chi connectivity index (χ1n) is 8.30. The molecule has 22 heavy (non-hydrogen) atoms. The Labute approximate surface area is 133 Å². The van der Waals surface area contributed by atoms with E-state index in [9.17, 15) is 4.79 Å². The first kappa shape index (κ1) is 16.7. The molecule has 1 saturated heterocycles. The number of pyridine rings is 1. The molecule has 1 aromatic heterocycles. The SMILES string of the molecule is CCN(CC1CCN(c2ccccn2)CC1)C(=O)C(C)CN. The second kappa shape index (κ2) is 8.13. The summed E-state index contributed by atoms with van der Waals surface area (Å²) in [7, 11) is 0. The lowest BCUT2D eigenvalue weighted by Crippen LogP contribution is -2.43. The third-order valence-electron chi connectivity index (χ3n) is 4.53. The van der Waals surface area contributed by atoms with E-state index >= 15 is 0 Å². The molecular formula is C17H28N4O. The molecule has 2 N–H and O–H groups in total. The van der Waals surface area contributed by atoms with Gasteiger partial charge in [-0.05, 0) is 37.8 Å². The van der Waals surface area contributed by atoms with Crippen molar-refractivity contribution in [3.8, 4) is 0 Å². The summed E-state index contributed by atoms with van der Waals surface area (Å²) < 4.78 is 0. The van der Waals surface area contributed by atoms with Crippen LogP contribution in [0.3, 0.4) is 0 Å². The van der Waals surface area contributed by atoms with Crippen LogP contribution < -0.4 is 10.6 Å². The normalized spacial score (nSPS) is 17.3. The van der Waals surface area contributed by atoms with Gasteiger partial charge in [0.25, 0.3) is 0 Å². The summed E-state index contributed by atoms with van der Waals surface area (Å²) in [6, 6.07) is 6.03. The fourth-order valence-electron chi connectivity index (χ4n) is 2.98. The van der Waals surface area contributed by atoms with Crippen LogP contribution >= 0.6 is 0 Å². The number of nitrogens with two attached hydrogens (primary N) is 1. The Bertz CT molecular complexity index is 457. The van der Waals surface area contributed by atoms with Gasteiger partial charge in [0.2, 0.25) is 5.91 Å². The Balaban J connectivity index is 1.85.